The van der Waals surface area contributed by atoms with E-state index in [1.807, 2.05) is 48.3 Å². The Morgan fingerprint density at radius 1 is 1.24 bits per heavy atom. The van der Waals surface area contributed by atoms with Crippen LogP contribution in [0.2, 0.25) is 0 Å². The lowest BCUT2D eigenvalue weighted by atomic mass is 10.0. The van der Waals surface area contributed by atoms with Crippen molar-refractivity contribution in [3.05, 3.63) is 82.0 Å². The fourth-order valence-electron chi connectivity index (χ4n) is 3.98. The van der Waals surface area contributed by atoms with Crippen molar-refractivity contribution in [3.8, 4) is 0 Å². The lowest BCUT2D eigenvalue weighted by Gasteiger charge is -2.31. The first-order valence-electron chi connectivity index (χ1n) is 11.3. The number of amidine groups is 1. The Morgan fingerprint density at radius 3 is 2.73 bits per heavy atom. The van der Waals surface area contributed by atoms with Crippen LogP contribution in [0.5, 0.6) is 0 Å². The molecule has 7 nitrogen and oxygen atoms in total. The predicted octanol–water partition coefficient (Wildman–Crippen LogP) is 4.27. The third-order valence-electron chi connectivity index (χ3n) is 6.04. The van der Waals surface area contributed by atoms with E-state index < -0.39 is 0 Å². The minimum atomic E-state index is 0.00208. The van der Waals surface area contributed by atoms with E-state index in [-0.39, 0.29) is 5.91 Å². The Kier molecular flexibility index (Phi) is 5.93. The van der Waals surface area contributed by atoms with Gasteiger partial charge in [0.15, 0.2) is 5.84 Å². The first kappa shape index (κ1) is 21.7. The zero-order valence-electron chi connectivity index (χ0n) is 18.8. The fraction of sp³-hybridized carbons (Fsp3) is 0.320. The monoisotopic (exact) mass is 506 g/mol. The molecule has 170 valence electrons. The second-order valence-corrected chi connectivity index (χ2v) is 9.62. The van der Waals surface area contributed by atoms with Gasteiger partial charge in [-0.1, -0.05) is 31.2 Å². The molecule has 0 bridgehead atoms. The highest BCUT2D eigenvalue weighted by Crippen LogP contribution is 2.34. The molecule has 5 rings (SSSR count). The number of fused-ring (bicyclic) bond motifs is 1. The van der Waals surface area contributed by atoms with Gasteiger partial charge in [-0.05, 0) is 64.9 Å². The van der Waals surface area contributed by atoms with Crippen LogP contribution in [-0.2, 0) is 13.6 Å². The number of nitrogens with zero attached hydrogens (tertiary/aromatic N) is 4. The minimum Gasteiger partial charge on any atom is -0.349 e. The van der Waals surface area contributed by atoms with Crippen molar-refractivity contribution in [2.45, 2.75) is 38.8 Å². The summed E-state index contributed by atoms with van der Waals surface area (Å²) in [5, 5.41) is 10.7. The Labute approximate surface area is 202 Å². The molecular weight excluding hydrogens is 480 g/mol. The summed E-state index contributed by atoms with van der Waals surface area (Å²) in [5.41, 5.74) is 4.89. The van der Waals surface area contributed by atoms with Gasteiger partial charge in [0.05, 0.1) is 17.9 Å². The van der Waals surface area contributed by atoms with E-state index in [0.717, 1.165) is 52.4 Å². The maximum Gasteiger partial charge on any atom is 0.251 e. The molecule has 1 unspecified atom stereocenters. The quantitative estimate of drug-likeness (QED) is 0.593. The maximum absolute atomic E-state index is 12.4. The van der Waals surface area contributed by atoms with Crippen LogP contribution < -0.4 is 10.6 Å². The van der Waals surface area contributed by atoms with Gasteiger partial charge in [-0.25, -0.2) is 0 Å². The lowest BCUT2D eigenvalue weighted by Crippen LogP contribution is -2.36. The van der Waals surface area contributed by atoms with E-state index >= 15 is 0 Å². The first-order chi connectivity index (χ1) is 16.0. The Morgan fingerprint density at radius 2 is 2.03 bits per heavy atom. The number of halogens is 1. The molecule has 0 spiro atoms. The second-order valence-electron chi connectivity index (χ2n) is 8.76. The van der Waals surface area contributed by atoms with Gasteiger partial charge in [-0.15, -0.1) is 0 Å². The van der Waals surface area contributed by atoms with E-state index in [0.29, 0.717) is 24.1 Å². The number of carbonyl (C=O) groups is 1. The van der Waals surface area contributed by atoms with Crippen LogP contribution in [0.3, 0.4) is 0 Å². The van der Waals surface area contributed by atoms with Gasteiger partial charge in [0.25, 0.3) is 5.91 Å². The number of rotatable bonds is 5. The molecule has 33 heavy (non-hydrogen) atoms. The number of amides is 1. The Bertz CT molecular complexity index is 1190. The second kappa shape index (κ2) is 9.02. The van der Waals surface area contributed by atoms with Gasteiger partial charge < -0.3 is 15.5 Å². The van der Waals surface area contributed by atoms with Crippen molar-refractivity contribution >= 4 is 33.4 Å². The Balaban J connectivity index is 1.44. The van der Waals surface area contributed by atoms with Crippen LogP contribution >= 0.6 is 15.9 Å². The van der Waals surface area contributed by atoms with Crippen LogP contribution in [0.4, 0.5) is 0 Å². The van der Waals surface area contributed by atoms with Crippen molar-refractivity contribution in [2.75, 3.05) is 0 Å². The summed E-state index contributed by atoms with van der Waals surface area (Å²) < 4.78 is 2.68. The molecule has 2 aliphatic heterocycles. The smallest absolute Gasteiger partial charge is 0.251 e. The zero-order valence-corrected chi connectivity index (χ0v) is 20.3. The van der Waals surface area contributed by atoms with Crippen LogP contribution in [0.25, 0.3) is 5.70 Å². The number of aryl methyl sites for hydroxylation is 1. The summed E-state index contributed by atoms with van der Waals surface area (Å²) in [6, 6.07) is 10.2. The molecule has 1 saturated carbocycles. The fourth-order valence-corrected chi connectivity index (χ4v) is 4.37. The standard InChI is InChI=1S/C25H27BrN6O/c1-16-3-10-21-24(27-14-20-11-12-28-31(20)2)30-23(26)15-32(21)22(13-16)17-4-6-18(7-5-17)25(33)29-19-8-9-19/h4-7,10-13,15-16,19H,3,8-9,14H2,1-2H3,(H,27,30)(H,29,33). The Hall–Kier alpha value is -3.13. The molecule has 1 amide bonds. The molecule has 2 aromatic rings. The van der Waals surface area contributed by atoms with E-state index in [1.54, 1.807) is 6.20 Å². The molecule has 8 heteroatoms. The third kappa shape index (κ3) is 4.80. The van der Waals surface area contributed by atoms with Crippen LogP contribution in [0.1, 0.15) is 47.8 Å². The van der Waals surface area contributed by atoms with E-state index in [1.165, 1.54) is 0 Å². The topological polar surface area (TPSA) is 74.6 Å². The molecular formula is C25H27BrN6O. The summed E-state index contributed by atoms with van der Waals surface area (Å²) in [5.74, 6) is 1.18. The maximum atomic E-state index is 12.4. The van der Waals surface area contributed by atoms with E-state index in [2.05, 4.69) is 55.6 Å². The van der Waals surface area contributed by atoms with Gasteiger partial charge in [0.1, 0.15) is 4.61 Å². The summed E-state index contributed by atoms with van der Waals surface area (Å²) >= 11 is 3.63. The number of benzene rings is 1. The van der Waals surface area contributed by atoms with Crippen LogP contribution in [0, 0.1) is 5.92 Å². The van der Waals surface area contributed by atoms with Crippen molar-refractivity contribution < 1.29 is 4.79 Å². The summed E-state index contributed by atoms with van der Waals surface area (Å²) in [6.45, 7) is 2.75. The number of aromatic nitrogens is 2. The van der Waals surface area contributed by atoms with Gasteiger partial charge in [0, 0.05) is 36.7 Å². The number of hydrogen-bond donors (Lipinski definition) is 2. The first-order valence-corrected chi connectivity index (χ1v) is 12.1. The molecule has 0 radical (unpaired) electrons. The van der Waals surface area contributed by atoms with Gasteiger partial charge in [-0.3, -0.25) is 14.5 Å². The van der Waals surface area contributed by atoms with Crippen molar-refractivity contribution in [2.24, 2.45) is 18.0 Å². The molecule has 2 N–H and O–H groups in total. The SMILES string of the molecule is CC1C=C(c2ccc(C(=O)NC3CC3)cc2)N2C=C(Br)NC(=NCc3ccnn3C)C2=CC1. The molecule has 1 atom stereocenters. The number of hydrogen-bond acceptors (Lipinski definition) is 4. The normalized spacial score (nSPS) is 21.4. The highest BCUT2D eigenvalue weighted by molar-refractivity contribution is 9.11. The third-order valence-corrected chi connectivity index (χ3v) is 6.45. The average molecular weight is 507 g/mol. The number of allylic oxidation sites excluding steroid dienone is 2. The summed E-state index contributed by atoms with van der Waals surface area (Å²) in [6.07, 6.45) is 11.4. The number of nitrogens with one attached hydrogen (secondary N) is 2. The van der Waals surface area contributed by atoms with E-state index in [9.17, 15) is 4.79 Å². The predicted molar refractivity (Wildman–Crippen MR) is 133 cm³/mol. The van der Waals surface area contributed by atoms with E-state index in [4.69, 9.17) is 4.99 Å². The minimum absolute atomic E-state index is 0.00208. The average Bonchev–Trinajstić information content (AvgIpc) is 3.55. The highest BCUT2D eigenvalue weighted by atomic mass is 79.9. The van der Waals surface area contributed by atoms with Gasteiger partial charge in [-0.2, -0.15) is 5.10 Å². The van der Waals surface area contributed by atoms with Crippen molar-refractivity contribution in [1.82, 2.24) is 25.3 Å². The highest BCUT2D eigenvalue weighted by Gasteiger charge is 2.27. The van der Waals surface area contributed by atoms with Crippen molar-refractivity contribution in [3.63, 3.8) is 0 Å². The largest absolute Gasteiger partial charge is 0.349 e. The zero-order chi connectivity index (χ0) is 22.9. The van der Waals surface area contributed by atoms with Gasteiger partial charge in [0.2, 0.25) is 0 Å². The van der Waals surface area contributed by atoms with Crippen molar-refractivity contribution in [1.29, 1.82) is 0 Å². The lowest BCUT2D eigenvalue weighted by molar-refractivity contribution is 0.0951. The molecule has 3 heterocycles. The molecule has 1 aromatic heterocycles. The molecule has 1 aromatic carbocycles. The van der Waals surface area contributed by atoms with Crippen LogP contribution in [-0.4, -0.2) is 32.5 Å². The molecule has 1 aliphatic carbocycles. The number of carbonyl (C=O) groups excluding carboxylic acids is 1. The molecule has 1 fully saturated rings. The van der Waals surface area contributed by atoms with Gasteiger partial charge >= 0.3 is 0 Å². The molecule has 3 aliphatic rings. The van der Waals surface area contributed by atoms with Crippen LogP contribution in [0.15, 0.2) is 70.2 Å². The molecule has 0 saturated heterocycles. The summed E-state index contributed by atoms with van der Waals surface area (Å²) in [7, 11) is 1.92. The number of aliphatic imine (C=N–C) groups is 1. The summed E-state index contributed by atoms with van der Waals surface area (Å²) in [4.78, 5) is 19.4.